The second-order valence-corrected chi connectivity index (χ2v) is 4.45. The molecular weight excluding hydrogens is 240 g/mol. The third-order valence-electron chi connectivity index (χ3n) is 3.02. The average Bonchev–Trinajstić information content (AvgIpc) is 2.71. The molecule has 0 unspecified atom stereocenters. The number of nitrogens with zero attached hydrogens (tertiary/aromatic N) is 2. The van der Waals surface area contributed by atoms with Crippen LogP contribution in [0.2, 0.25) is 0 Å². The number of hydrogen-bond donors (Lipinski definition) is 2. The Morgan fingerprint density at radius 2 is 2.26 bits per heavy atom. The van der Waals surface area contributed by atoms with Gasteiger partial charge in [0.25, 0.3) is 0 Å². The number of pyridine rings is 1. The smallest absolute Gasteiger partial charge is 0.221 e. The molecule has 2 aromatic rings. The molecular formula is C14H20N4O. The van der Waals surface area contributed by atoms with Crippen LogP contribution in [0.1, 0.15) is 24.7 Å². The zero-order chi connectivity index (χ0) is 13.7. The van der Waals surface area contributed by atoms with Gasteiger partial charge < -0.3 is 15.0 Å². The third-order valence-corrected chi connectivity index (χ3v) is 3.02. The highest BCUT2D eigenvalue weighted by Gasteiger charge is 2.07. The number of fused-ring (bicyclic) bond motifs is 1. The summed E-state index contributed by atoms with van der Waals surface area (Å²) in [7, 11) is 0. The molecule has 0 fully saturated rings. The average molecular weight is 260 g/mol. The molecule has 0 aliphatic rings. The van der Waals surface area contributed by atoms with Gasteiger partial charge >= 0.3 is 0 Å². The number of nitrogens with one attached hydrogen (secondary N) is 2. The first kappa shape index (κ1) is 13.5. The highest BCUT2D eigenvalue weighted by molar-refractivity contribution is 5.75. The Hall–Kier alpha value is -1.88. The van der Waals surface area contributed by atoms with E-state index in [1.54, 1.807) is 0 Å². The van der Waals surface area contributed by atoms with Crippen molar-refractivity contribution in [3.63, 3.8) is 0 Å². The Morgan fingerprint density at radius 1 is 1.42 bits per heavy atom. The predicted molar refractivity (Wildman–Crippen MR) is 74.9 cm³/mol. The van der Waals surface area contributed by atoms with Gasteiger partial charge in [-0.1, -0.05) is 6.07 Å². The van der Waals surface area contributed by atoms with Gasteiger partial charge in [-0.25, -0.2) is 4.98 Å². The molecule has 19 heavy (non-hydrogen) atoms. The summed E-state index contributed by atoms with van der Waals surface area (Å²) in [6.45, 7) is 6.01. The molecule has 0 aromatic carbocycles. The molecule has 0 aliphatic heterocycles. The van der Waals surface area contributed by atoms with Gasteiger partial charge in [-0.2, -0.15) is 0 Å². The van der Waals surface area contributed by atoms with Gasteiger partial charge in [0.15, 0.2) is 0 Å². The molecule has 0 saturated carbocycles. The quantitative estimate of drug-likeness (QED) is 0.769. The van der Waals surface area contributed by atoms with Crippen molar-refractivity contribution in [3.05, 3.63) is 35.8 Å². The van der Waals surface area contributed by atoms with Gasteiger partial charge in [0, 0.05) is 32.3 Å². The van der Waals surface area contributed by atoms with Gasteiger partial charge in [-0.3, -0.25) is 4.79 Å². The number of aryl methyl sites for hydroxylation is 1. The third kappa shape index (κ3) is 3.32. The van der Waals surface area contributed by atoms with Gasteiger partial charge in [-0.15, -0.1) is 0 Å². The Bertz CT molecular complexity index is 562. The second kappa shape index (κ2) is 6.33. The largest absolute Gasteiger partial charge is 0.356 e. The van der Waals surface area contributed by atoms with Crippen LogP contribution in [0.25, 0.3) is 5.65 Å². The van der Waals surface area contributed by atoms with Gasteiger partial charge in [0.2, 0.25) is 5.91 Å². The SMILES string of the molecule is CCNC(=O)CCNCc1c(C)nc2ccccn12. The van der Waals surface area contributed by atoms with Crippen LogP contribution in [-0.4, -0.2) is 28.4 Å². The van der Waals surface area contributed by atoms with Crippen LogP contribution in [0.5, 0.6) is 0 Å². The molecule has 1 amide bonds. The minimum Gasteiger partial charge on any atom is -0.356 e. The summed E-state index contributed by atoms with van der Waals surface area (Å²) in [6, 6.07) is 5.96. The van der Waals surface area contributed by atoms with Crippen molar-refractivity contribution < 1.29 is 4.79 Å². The number of carbonyl (C=O) groups is 1. The topological polar surface area (TPSA) is 58.4 Å². The number of carbonyl (C=O) groups excluding carboxylic acids is 1. The van der Waals surface area contributed by atoms with Crippen LogP contribution < -0.4 is 10.6 Å². The summed E-state index contributed by atoms with van der Waals surface area (Å²) in [5.74, 6) is 0.0878. The number of aromatic nitrogens is 2. The molecule has 0 saturated heterocycles. The molecule has 2 heterocycles. The zero-order valence-corrected chi connectivity index (χ0v) is 11.4. The van der Waals surface area contributed by atoms with E-state index >= 15 is 0 Å². The van der Waals surface area contributed by atoms with E-state index in [0.29, 0.717) is 19.5 Å². The van der Waals surface area contributed by atoms with Crippen LogP contribution in [0.4, 0.5) is 0 Å². The number of amides is 1. The standard InChI is InChI=1S/C14H20N4O/c1-3-16-14(19)7-8-15-10-12-11(2)17-13-6-4-5-9-18(12)13/h4-6,9,15H,3,7-8,10H2,1-2H3,(H,16,19). The van der Waals surface area contributed by atoms with Crippen LogP contribution in [0, 0.1) is 6.92 Å². The number of rotatable bonds is 6. The van der Waals surface area contributed by atoms with E-state index in [9.17, 15) is 4.79 Å². The van der Waals surface area contributed by atoms with Gasteiger partial charge in [-0.05, 0) is 26.0 Å². The van der Waals surface area contributed by atoms with E-state index in [1.165, 1.54) is 0 Å². The molecule has 0 radical (unpaired) electrons. The maximum Gasteiger partial charge on any atom is 0.221 e. The van der Waals surface area contributed by atoms with Crippen LogP contribution in [-0.2, 0) is 11.3 Å². The van der Waals surface area contributed by atoms with E-state index in [4.69, 9.17) is 0 Å². The first-order valence-corrected chi connectivity index (χ1v) is 6.62. The van der Waals surface area contributed by atoms with Crippen LogP contribution in [0.15, 0.2) is 24.4 Å². The molecule has 2 aromatic heterocycles. The van der Waals surface area contributed by atoms with Crippen molar-refractivity contribution in [3.8, 4) is 0 Å². The maximum absolute atomic E-state index is 11.3. The molecule has 102 valence electrons. The fourth-order valence-electron chi connectivity index (χ4n) is 2.07. The summed E-state index contributed by atoms with van der Waals surface area (Å²) in [6.07, 6.45) is 2.51. The fraction of sp³-hybridized carbons (Fsp3) is 0.429. The maximum atomic E-state index is 11.3. The van der Waals surface area contributed by atoms with Crippen molar-refractivity contribution >= 4 is 11.6 Å². The lowest BCUT2D eigenvalue weighted by Crippen LogP contribution is -2.27. The molecule has 0 bridgehead atoms. The predicted octanol–water partition coefficient (Wildman–Crippen LogP) is 1.26. The first-order chi connectivity index (χ1) is 9.22. The van der Waals surface area contributed by atoms with Crippen molar-refractivity contribution in [2.45, 2.75) is 26.8 Å². The number of imidazole rings is 1. The summed E-state index contributed by atoms with van der Waals surface area (Å²) in [5, 5.41) is 6.07. The van der Waals surface area contributed by atoms with E-state index < -0.39 is 0 Å². The van der Waals surface area contributed by atoms with E-state index in [1.807, 2.05) is 38.2 Å². The van der Waals surface area contributed by atoms with Crippen LogP contribution in [0.3, 0.4) is 0 Å². The Kier molecular flexibility index (Phi) is 4.52. The normalized spacial score (nSPS) is 10.8. The van der Waals surface area contributed by atoms with Crippen molar-refractivity contribution in [1.29, 1.82) is 0 Å². The number of hydrogen-bond acceptors (Lipinski definition) is 3. The molecule has 0 aliphatic carbocycles. The minimum atomic E-state index is 0.0878. The molecule has 5 nitrogen and oxygen atoms in total. The minimum absolute atomic E-state index is 0.0878. The van der Waals surface area contributed by atoms with Gasteiger partial charge in [0.05, 0.1) is 11.4 Å². The molecule has 2 rings (SSSR count). The van der Waals surface area contributed by atoms with E-state index in [-0.39, 0.29) is 5.91 Å². The molecule has 5 heteroatoms. The fourth-order valence-corrected chi connectivity index (χ4v) is 2.07. The molecule has 2 N–H and O–H groups in total. The molecule has 0 atom stereocenters. The van der Waals surface area contributed by atoms with Crippen LogP contribution >= 0.6 is 0 Å². The van der Waals surface area contributed by atoms with Gasteiger partial charge in [0.1, 0.15) is 5.65 Å². The Balaban J connectivity index is 1.91. The van der Waals surface area contributed by atoms with Crippen molar-refractivity contribution in [2.24, 2.45) is 0 Å². The lowest BCUT2D eigenvalue weighted by atomic mass is 10.3. The van der Waals surface area contributed by atoms with Crippen molar-refractivity contribution in [1.82, 2.24) is 20.0 Å². The summed E-state index contributed by atoms with van der Waals surface area (Å²) < 4.78 is 2.08. The lowest BCUT2D eigenvalue weighted by molar-refractivity contribution is -0.120. The Morgan fingerprint density at radius 3 is 3.05 bits per heavy atom. The summed E-state index contributed by atoms with van der Waals surface area (Å²) >= 11 is 0. The lowest BCUT2D eigenvalue weighted by Gasteiger charge is -2.06. The monoisotopic (exact) mass is 260 g/mol. The highest BCUT2D eigenvalue weighted by Crippen LogP contribution is 2.11. The first-order valence-electron chi connectivity index (χ1n) is 6.62. The van der Waals surface area contributed by atoms with Crippen molar-refractivity contribution in [2.75, 3.05) is 13.1 Å². The second-order valence-electron chi connectivity index (χ2n) is 4.45. The van der Waals surface area contributed by atoms with E-state index in [2.05, 4.69) is 20.0 Å². The zero-order valence-electron chi connectivity index (χ0n) is 11.4. The summed E-state index contributed by atoms with van der Waals surface area (Å²) in [4.78, 5) is 15.8. The molecule has 0 spiro atoms. The summed E-state index contributed by atoms with van der Waals surface area (Å²) in [5.41, 5.74) is 3.13. The Labute approximate surface area is 113 Å². The van der Waals surface area contributed by atoms with E-state index in [0.717, 1.165) is 23.6 Å². The highest BCUT2D eigenvalue weighted by atomic mass is 16.1.